The number of hydrogen-bond donors (Lipinski definition) is 1. The highest BCUT2D eigenvalue weighted by Crippen LogP contribution is 2.45. The summed E-state index contributed by atoms with van der Waals surface area (Å²) >= 11 is 1.60. The van der Waals surface area contributed by atoms with Gasteiger partial charge in [0.05, 0.1) is 29.9 Å². The van der Waals surface area contributed by atoms with E-state index in [-0.39, 0.29) is 23.6 Å². The number of nitro benzene ring substituents is 1. The van der Waals surface area contributed by atoms with Crippen molar-refractivity contribution in [2.24, 2.45) is 16.3 Å². The monoisotopic (exact) mass is 615 g/mol. The second kappa shape index (κ2) is 13.5. The number of aliphatic imine (C=N–C) groups is 1. The molecule has 1 aliphatic carbocycles. The van der Waals surface area contributed by atoms with Crippen molar-refractivity contribution in [1.82, 2.24) is 5.32 Å². The lowest BCUT2D eigenvalue weighted by molar-refractivity contribution is -0.384. The van der Waals surface area contributed by atoms with Crippen LogP contribution in [-0.4, -0.2) is 23.7 Å². The van der Waals surface area contributed by atoms with E-state index in [1.54, 1.807) is 42.0 Å². The van der Waals surface area contributed by atoms with Crippen molar-refractivity contribution in [1.29, 1.82) is 0 Å². The fourth-order valence-electron chi connectivity index (χ4n) is 5.31. The molecule has 4 aromatic rings. The van der Waals surface area contributed by atoms with Crippen LogP contribution in [0.1, 0.15) is 71.8 Å². The molecule has 0 unspecified atom stereocenters. The number of amides is 1. The smallest absolute Gasteiger partial charge is 0.269 e. The number of carbonyl (C=O) groups is 1. The molecule has 2 aromatic carbocycles. The van der Waals surface area contributed by atoms with Crippen molar-refractivity contribution in [3.63, 3.8) is 0 Å². The Morgan fingerprint density at radius 2 is 1.95 bits per heavy atom. The number of nitrogens with zero attached hydrogens (tertiary/aromatic N) is 2. The maximum Gasteiger partial charge on any atom is 0.269 e. The van der Waals surface area contributed by atoms with Crippen LogP contribution in [0.15, 0.2) is 70.3 Å². The van der Waals surface area contributed by atoms with Gasteiger partial charge in [-0.15, -0.1) is 11.3 Å². The summed E-state index contributed by atoms with van der Waals surface area (Å²) < 4.78 is 17.3. The van der Waals surface area contributed by atoms with Gasteiger partial charge >= 0.3 is 0 Å². The zero-order chi connectivity index (χ0) is 31.3. The van der Waals surface area contributed by atoms with E-state index in [9.17, 15) is 14.9 Å². The van der Waals surface area contributed by atoms with E-state index in [1.165, 1.54) is 17.0 Å². The van der Waals surface area contributed by atoms with Gasteiger partial charge in [0.1, 0.15) is 17.4 Å². The van der Waals surface area contributed by atoms with Crippen molar-refractivity contribution < 1.29 is 23.6 Å². The zero-order valence-electron chi connectivity index (χ0n) is 25.4. The zero-order valence-corrected chi connectivity index (χ0v) is 26.2. The number of carbonyl (C=O) groups excluding carboxylic acids is 1. The maximum absolute atomic E-state index is 13.5. The Kier molecular flexibility index (Phi) is 9.49. The Morgan fingerprint density at radius 3 is 2.64 bits per heavy atom. The summed E-state index contributed by atoms with van der Waals surface area (Å²) in [5, 5.41) is 14.6. The second-order valence-corrected chi connectivity index (χ2v) is 12.9. The SMILES string of the molecule is CCOc1cc(C=Nc2sc3c(c2C(=O)NCc2ccco2)CC[C@@H](C(C)(C)C)C3)ccc1OCc1ccc([N+](=O)[O-])cc1. The highest BCUT2D eigenvalue weighted by Gasteiger charge is 2.33. The van der Waals surface area contributed by atoms with Crippen molar-refractivity contribution in [3.8, 4) is 11.5 Å². The van der Waals surface area contributed by atoms with Crippen LogP contribution >= 0.6 is 11.3 Å². The highest BCUT2D eigenvalue weighted by atomic mass is 32.1. The van der Waals surface area contributed by atoms with Gasteiger partial charge in [0, 0.05) is 23.2 Å². The van der Waals surface area contributed by atoms with Gasteiger partial charge < -0.3 is 19.2 Å². The lowest BCUT2D eigenvalue weighted by Gasteiger charge is -2.33. The molecule has 5 rings (SSSR count). The number of thiophene rings is 1. The van der Waals surface area contributed by atoms with Crippen LogP contribution in [0.2, 0.25) is 0 Å². The van der Waals surface area contributed by atoms with Crippen molar-refractivity contribution >= 4 is 34.1 Å². The first kappa shape index (κ1) is 31.0. The fourth-order valence-corrected chi connectivity index (χ4v) is 6.57. The Hall–Kier alpha value is -4.44. The largest absolute Gasteiger partial charge is 0.490 e. The number of benzene rings is 2. The van der Waals surface area contributed by atoms with Crippen LogP contribution in [0, 0.1) is 21.4 Å². The molecule has 44 heavy (non-hydrogen) atoms. The molecular weight excluding hydrogens is 578 g/mol. The first-order chi connectivity index (χ1) is 21.1. The predicted octanol–water partition coefficient (Wildman–Crippen LogP) is 8.06. The Labute approximate surface area is 261 Å². The molecule has 0 saturated heterocycles. The van der Waals surface area contributed by atoms with E-state index in [0.29, 0.717) is 46.9 Å². The molecule has 2 heterocycles. The van der Waals surface area contributed by atoms with Gasteiger partial charge in [-0.3, -0.25) is 14.9 Å². The Bertz CT molecular complexity index is 1630. The van der Waals surface area contributed by atoms with Gasteiger partial charge in [0.15, 0.2) is 11.5 Å². The van der Waals surface area contributed by atoms with E-state index < -0.39 is 4.92 Å². The molecule has 1 amide bonds. The van der Waals surface area contributed by atoms with Gasteiger partial charge in [-0.1, -0.05) is 20.8 Å². The molecule has 10 heteroatoms. The van der Waals surface area contributed by atoms with Gasteiger partial charge in [-0.2, -0.15) is 0 Å². The minimum atomic E-state index is -0.428. The second-order valence-electron chi connectivity index (χ2n) is 11.9. The van der Waals surface area contributed by atoms with Gasteiger partial charge in [0.2, 0.25) is 0 Å². The van der Waals surface area contributed by atoms with E-state index in [0.717, 1.165) is 36.0 Å². The van der Waals surface area contributed by atoms with Crippen LogP contribution < -0.4 is 14.8 Å². The van der Waals surface area contributed by atoms with Crippen molar-refractivity contribution in [2.45, 2.75) is 60.1 Å². The molecule has 230 valence electrons. The standard InChI is InChI=1S/C34H37N3O6S/c1-5-41-29-17-23(10-15-28(29)43-21-22-8-12-25(13-9-22)37(39)40)19-36-33-31(32(38)35-20-26-7-6-16-42-26)27-14-11-24(34(2,3)4)18-30(27)44-33/h6-10,12-13,15-17,19,24H,5,11,14,18,20-21H2,1-4H3,(H,35,38)/t24-/m1/s1. The molecule has 0 bridgehead atoms. The van der Waals surface area contributed by atoms with E-state index in [1.807, 2.05) is 31.2 Å². The first-order valence-corrected chi connectivity index (χ1v) is 15.6. The third-order valence-electron chi connectivity index (χ3n) is 7.84. The van der Waals surface area contributed by atoms with Crippen LogP contribution in [0.4, 0.5) is 10.7 Å². The molecular formula is C34H37N3O6S. The van der Waals surface area contributed by atoms with E-state index >= 15 is 0 Å². The molecule has 0 fully saturated rings. The number of furan rings is 1. The van der Waals surface area contributed by atoms with Crippen LogP contribution in [0.3, 0.4) is 0 Å². The van der Waals surface area contributed by atoms with Crippen molar-refractivity contribution in [2.75, 3.05) is 6.61 Å². The topological polar surface area (TPSA) is 116 Å². The summed E-state index contributed by atoms with van der Waals surface area (Å²) in [6.45, 7) is 9.73. The number of nitro groups is 1. The molecule has 0 spiro atoms. The average molecular weight is 616 g/mol. The number of hydrogen-bond acceptors (Lipinski definition) is 8. The maximum atomic E-state index is 13.5. The Morgan fingerprint density at radius 1 is 1.16 bits per heavy atom. The number of nitrogens with one attached hydrogen (secondary N) is 1. The molecule has 1 atom stereocenters. The quantitative estimate of drug-likeness (QED) is 0.104. The minimum Gasteiger partial charge on any atom is -0.490 e. The Balaban J connectivity index is 1.37. The van der Waals surface area contributed by atoms with Gasteiger partial charge in [-0.25, -0.2) is 4.99 Å². The number of rotatable bonds is 11. The first-order valence-electron chi connectivity index (χ1n) is 14.7. The van der Waals surface area contributed by atoms with Crippen LogP contribution in [-0.2, 0) is 26.0 Å². The molecule has 1 aliphatic rings. The number of non-ortho nitro benzene ring substituents is 1. The molecule has 0 aliphatic heterocycles. The molecule has 0 saturated carbocycles. The number of ether oxygens (including phenoxy) is 2. The summed E-state index contributed by atoms with van der Waals surface area (Å²) in [6.07, 6.45) is 6.17. The highest BCUT2D eigenvalue weighted by molar-refractivity contribution is 7.16. The van der Waals surface area contributed by atoms with Gasteiger partial charge in [0.25, 0.3) is 11.6 Å². The summed E-state index contributed by atoms with van der Waals surface area (Å²) in [5.74, 6) is 2.20. The van der Waals surface area contributed by atoms with Gasteiger partial charge in [-0.05, 0) is 96.7 Å². The molecule has 1 N–H and O–H groups in total. The summed E-state index contributed by atoms with van der Waals surface area (Å²) in [7, 11) is 0. The average Bonchev–Trinajstić information content (AvgIpc) is 3.66. The lowest BCUT2D eigenvalue weighted by atomic mass is 9.72. The fraction of sp³-hybridized carbons (Fsp3) is 0.353. The van der Waals surface area contributed by atoms with Crippen LogP contribution in [0.5, 0.6) is 11.5 Å². The van der Waals surface area contributed by atoms with Crippen LogP contribution in [0.25, 0.3) is 0 Å². The summed E-state index contributed by atoms with van der Waals surface area (Å²) in [4.78, 5) is 30.1. The third-order valence-corrected chi connectivity index (χ3v) is 9.00. The van der Waals surface area contributed by atoms with E-state index in [2.05, 4.69) is 26.1 Å². The summed E-state index contributed by atoms with van der Waals surface area (Å²) in [5.41, 5.74) is 3.57. The molecule has 9 nitrogen and oxygen atoms in total. The lowest BCUT2D eigenvalue weighted by Crippen LogP contribution is -2.28. The van der Waals surface area contributed by atoms with E-state index in [4.69, 9.17) is 18.9 Å². The summed E-state index contributed by atoms with van der Waals surface area (Å²) in [6, 6.07) is 15.5. The molecule has 0 radical (unpaired) electrons. The predicted molar refractivity (Wildman–Crippen MR) is 171 cm³/mol. The van der Waals surface area contributed by atoms with Crippen molar-refractivity contribution in [3.05, 3.63) is 104 Å². The molecule has 2 aromatic heterocycles. The number of fused-ring (bicyclic) bond motifs is 1. The minimum absolute atomic E-state index is 0.0335. The third kappa shape index (κ3) is 7.37. The normalized spacial score (nSPS) is 14.8.